The van der Waals surface area contributed by atoms with Crippen molar-refractivity contribution in [1.29, 1.82) is 0 Å². The molecule has 2 aromatic carbocycles. The number of nitrogens with zero attached hydrogens (tertiary/aromatic N) is 1. The second kappa shape index (κ2) is 7.41. The zero-order chi connectivity index (χ0) is 18.7. The normalized spacial score (nSPS) is 12.0. The van der Waals surface area contributed by atoms with Gasteiger partial charge >= 0.3 is 5.97 Å². The van der Waals surface area contributed by atoms with Gasteiger partial charge in [-0.1, -0.05) is 35.5 Å². The molecule has 3 rings (SSSR count). The molecular formula is C20H19NO5. The Morgan fingerprint density at radius 2 is 1.88 bits per heavy atom. The van der Waals surface area contributed by atoms with Gasteiger partial charge in [-0.2, -0.15) is 0 Å². The quantitative estimate of drug-likeness (QED) is 0.704. The molecule has 0 aliphatic carbocycles. The van der Waals surface area contributed by atoms with Gasteiger partial charge in [-0.05, 0) is 48.7 Å². The van der Waals surface area contributed by atoms with E-state index >= 15 is 0 Å². The highest BCUT2D eigenvalue weighted by Crippen LogP contribution is 2.34. The van der Waals surface area contributed by atoms with E-state index in [1.54, 1.807) is 19.1 Å². The fourth-order valence-corrected chi connectivity index (χ4v) is 2.88. The summed E-state index contributed by atoms with van der Waals surface area (Å²) in [6, 6.07) is 14.4. The minimum Gasteiger partial charge on any atom is -0.482 e. The number of aromatic nitrogens is 1. The van der Waals surface area contributed by atoms with Crippen LogP contribution in [-0.2, 0) is 4.79 Å². The van der Waals surface area contributed by atoms with E-state index in [0.29, 0.717) is 22.8 Å². The van der Waals surface area contributed by atoms with Crippen molar-refractivity contribution in [2.24, 2.45) is 0 Å². The Morgan fingerprint density at radius 1 is 1.15 bits per heavy atom. The zero-order valence-corrected chi connectivity index (χ0v) is 14.5. The Hall–Kier alpha value is -3.12. The molecule has 6 nitrogen and oxygen atoms in total. The van der Waals surface area contributed by atoms with Crippen LogP contribution >= 0.6 is 0 Å². The van der Waals surface area contributed by atoms with Crippen LogP contribution in [0.1, 0.15) is 28.7 Å². The van der Waals surface area contributed by atoms with E-state index in [1.807, 2.05) is 43.3 Å². The average molecular weight is 353 g/mol. The molecule has 0 aliphatic rings. The van der Waals surface area contributed by atoms with Crippen LogP contribution in [0.3, 0.4) is 0 Å². The van der Waals surface area contributed by atoms with Crippen molar-refractivity contribution < 1.29 is 24.3 Å². The topological polar surface area (TPSA) is 92.8 Å². The number of carboxylic acid groups (broad SMARTS) is 1. The van der Waals surface area contributed by atoms with E-state index < -0.39 is 18.7 Å². The third-order valence-electron chi connectivity index (χ3n) is 4.04. The third kappa shape index (κ3) is 3.75. The van der Waals surface area contributed by atoms with Crippen LogP contribution in [0.15, 0.2) is 53.1 Å². The summed E-state index contributed by atoms with van der Waals surface area (Å²) in [5.74, 6) is -0.0779. The van der Waals surface area contributed by atoms with Gasteiger partial charge < -0.3 is 19.5 Å². The fourth-order valence-electron chi connectivity index (χ4n) is 2.88. The largest absolute Gasteiger partial charge is 0.482 e. The van der Waals surface area contributed by atoms with Crippen molar-refractivity contribution in [2.75, 3.05) is 6.61 Å². The van der Waals surface area contributed by atoms with Gasteiger partial charge in [0.2, 0.25) is 0 Å². The number of ether oxygens (including phenoxy) is 1. The highest BCUT2D eigenvalue weighted by atomic mass is 16.5. The summed E-state index contributed by atoms with van der Waals surface area (Å²) < 4.78 is 10.6. The van der Waals surface area contributed by atoms with E-state index in [4.69, 9.17) is 14.4 Å². The first-order valence-corrected chi connectivity index (χ1v) is 8.11. The molecule has 0 radical (unpaired) electrons. The number of hydrogen-bond acceptors (Lipinski definition) is 5. The number of carboxylic acids is 1. The number of aliphatic carboxylic acids is 1. The highest BCUT2D eigenvalue weighted by Gasteiger charge is 2.18. The highest BCUT2D eigenvalue weighted by molar-refractivity contribution is 5.71. The van der Waals surface area contributed by atoms with Gasteiger partial charge in [0.25, 0.3) is 0 Å². The lowest BCUT2D eigenvalue weighted by atomic mass is 9.96. The van der Waals surface area contributed by atoms with Crippen LogP contribution in [-0.4, -0.2) is 27.9 Å². The maximum atomic E-state index is 10.8. The van der Waals surface area contributed by atoms with Gasteiger partial charge in [0.15, 0.2) is 6.61 Å². The summed E-state index contributed by atoms with van der Waals surface area (Å²) in [4.78, 5) is 10.8. The van der Waals surface area contributed by atoms with Gasteiger partial charge in [0.05, 0.1) is 5.69 Å². The molecule has 0 aliphatic heterocycles. The maximum Gasteiger partial charge on any atom is 0.341 e. The minimum atomic E-state index is -1.07. The minimum absolute atomic E-state index is 0.356. The van der Waals surface area contributed by atoms with Crippen molar-refractivity contribution in [3.8, 4) is 16.9 Å². The Labute approximate surface area is 150 Å². The molecule has 1 heterocycles. The molecule has 0 bridgehead atoms. The smallest absolute Gasteiger partial charge is 0.341 e. The van der Waals surface area contributed by atoms with Crippen molar-refractivity contribution in [3.05, 3.63) is 71.1 Å². The van der Waals surface area contributed by atoms with E-state index in [1.165, 1.54) is 0 Å². The molecule has 1 unspecified atom stereocenters. The van der Waals surface area contributed by atoms with E-state index in [0.717, 1.165) is 16.7 Å². The molecule has 0 amide bonds. The first-order valence-electron chi connectivity index (χ1n) is 8.11. The summed E-state index contributed by atoms with van der Waals surface area (Å²) in [6.07, 6.45) is -0.871. The van der Waals surface area contributed by atoms with Gasteiger partial charge in [-0.25, -0.2) is 4.79 Å². The van der Waals surface area contributed by atoms with E-state index in [9.17, 15) is 9.90 Å². The lowest BCUT2D eigenvalue weighted by Crippen LogP contribution is -2.10. The number of aliphatic hydroxyl groups is 1. The van der Waals surface area contributed by atoms with Crippen molar-refractivity contribution in [3.63, 3.8) is 0 Å². The van der Waals surface area contributed by atoms with Crippen molar-refractivity contribution in [2.45, 2.75) is 20.0 Å². The predicted octanol–water partition coefficient (Wildman–Crippen LogP) is 3.50. The molecule has 2 N–H and O–H groups in total. The summed E-state index contributed by atoms with van der Waals surface area (Å²) >= 11 is 0. The van der Waals surface area contributed by atoms with E-state index in [-0.39, 0.29) is 0 Å². The molecule has 0 spiro atoms. The predicted molar refractivity (Wildman–Crippen MR) is 95.0 cm³/mol. The molecule has 134 valence electrons. The SMILES string of the molecule is Cc1noc(C)c1-c1cc(OCC(=O)O)cc(C(O)c2ccccc2)c1. The maximum absolute atomic E-state index is 10.8. The lowest BCUT2D eigenvalue weighted by molar-refractivity contribution is -0.139. The monoisotopic (exact) mass is 353 g/mol. The Balaban J connectivity index is 2.07. The van der Waals surface area contributed by atoms with E-state index in [2.05, 4.69) is 5.16 Å². The first kappa shape index (κ1) is 17.7. The summed E-state index contributed by atoms with van der Waals surface area (Å²) in [5, 5.41) is 23.6. The molecular weight excluding hydrogens is 334 g/mol. The second-order valence-electron chi connectivity index (χ2n) is 5.99. The number of aliphatic hydroxyl groups excluding tert-OH is 1. The summed E-state index contributed by atoms with van der Waals surface area (Å²) in [6.45, 7) is 3.16. The van der Waals surface area contributed by atoms with Crippen LogP contribution < -0.4 is 4.74 Å². The molecule has 26 heavy (non-hydrogen) atoms. The zero-order valence-electron chi connectivity index (χ0n) is 14.5. The molecule has 1 aromatic heterocycles. The third-order valence-corrected chi connectivity index (χ3v) is 4.04. The van der Waals surface area contributed by atoms with Crippen LogP contribution in [0.5, 0.6) is 5.75 Å². The molecule has 6 heteroatoms. The molecule has 1 atom stereocenters. The standard InChI is InChI=1S/C20H19NO5/c1-12-19(13(2)26-21-12)15-8-16(10-17(9-15)25-11-18(22)23)20(24)14-6-4-3-5-7-14/h3-10,20,24H,11H2,1-2H3,(H,22,23). The second-order valence-corrected chi connectivity index (χ2v) is 5.99. The average Bonchev–Trinajstić information content (AvgIpc) is 2.98. The first-order chi connectivity index (χ1) is 12.5. The molecule has 0 saturated heterocycles. The molecule has 0 fully saturated rings. The summed E-state index contributed by atoms with van der Waals surface area (Å²) in [7, 11) is 0. The lowest BCUT2D eigenvalue weighted by Gasteiger charge is -2.15. The number of aryl methyl sites for hydroxylation is 2. The Bertz CT molecular complexity index is 898. The number of rotatable bonds is 6. The fraction of sp³-hybridized carbons (Fsp3) is 0.200. The Kier molecular flexibility index (Phi) is 5.04. The van der Waals surface area contributed by atoms with Gasteiger partial charge in [0.1, 0.15) is 17.6 Å². The molecule has 0 saturated carbocycles. The number of carbonyl (C=O) groups is 1. The number of hydrogen-bond donors (Lipinski definition) is 2. The van der Waals surface area contributed by atoms with Crippen LogP contribution in [0.4, 0.5) is 0 Å². The van der Waals surface area contributed by atoms with Crippen LogP contribution in [0.2, 0.25) is 0 Å². The van der Waals surface area contributed by atoms with Crippen molar-refractivity contribution in [1.82, 2.24) is 5.16 Å². The van der Waals surface area contributed by atoms with Crippen LogP contribution in [0, 0.1) is 13.8 Å². The van der Waals surface area contributed by atoms with Gasteiger partial charge in [-0.15, -0.1) is 0 Å². The van der Waals surface area contributed by atoms with Crippen LogP contribution in [0.25, 0.3) is 11.1 Å². The number of benzene rings is 2. The summed E-state index contributed by atoms with van der Waals surface area (Å²) in [5.41, 5.74) is 3.57. The molecule has 3 aromatic rings. The van der Waals surface area contributed by atoms with Gasteiger partial charge in [-0.3, -0.25) is 0 Å². The van der Waals surface area contributed by atoms with Gasteiger partial charge in [0, 0.05) is 5.56 Å². The Morgan fingerprint density at radius 3 is 2.50 bits per heavy atom. The van der Waals surface area contributed by atoms with Crippen molar-refractivity contribution >= 4 is 5.97 Å².